The molecule has 0 radical (unpaired) electrons. The highest BCUT2D eigenvalue weighted by Gasteiger charge is 2.33. The average molecular weight is 491 g/mol. The Bertz CT molecular complexity index is 1380. The number of carbonyl (C=O) groups is 1. The molecule has 35 heavy (non-hydrogen) atoms. The van der Waals surface area contributed by atoms with Gasteiger partial charge in [-0.15, -0.1) is 0 Å². The van der Waals surface area contributed by atoms with Gasteiger partial charge in [0.1, 0.15) is 5.82 Å². The number of aromatic nitrogens is 1. The zero-order chi connectivity index (χ0) is 24.0. The Kier molecular flexibility index (Phi) is 5.73. The predicted molar refractivity (Wildman–Crippen MR) is 137 cm³/mol. The van der Waals surface area contributed by atoms with Crippen LogP contribution in [-0.2, 0) is 21.2 Å². The monoisotopic (exact) mass is 490 g/mol. The van der Waals surface area contributed by atoms with E-state index in [1.54, 1.807) is 22.5 Å². The van der Waals surface area contributed by atoms with Crippen LogP contribution in [-0.4, -0.2) is 56.3 Å². The minimum atomic E-state index is -3.45. The van der Waals surface area contributed by atoms with Crippen LogP contribution in [0, 0.1) is 5.92 Å². The molecule has 1 amide bonds. The Morgan fingerprint density at radius 2 is 1.74 bits per heavy atom. The van der Waals surface area contributed by atoms with E-state index in [4.69, 9.17) is 4.98 Å². The van der Waals surface area contributed by atoms with E-state index >= 15 is 0 Å². The Labute approximate surface area is 206 Å². The van der Waals surface area contributed by atoms with Crippen molar-refractivity contribution in [3.05, 3.63) is 60.2 Å². The average Bonchev–Trinajstić information content (AvgIpc) is 3.59. The number of piperidine rings is 1. The van der Waals surface area contributed by atoms with Crippen LogP contribution in [0.4, 0.5) is 11.5 Å². The quantitative estimate of drug-likeness (QED) is 0.556. The van der Waals surface area contributed by atoms with Crippen LogP contribution in [0.3, 0.4) is 0 Å². The first-order chi connectivity index (χ1) is 17.0. The van der Waals surface area contributed by atoms with Crippen LogP contribution >= 0.6 is 0 Å². The Balaban J connectivity index is 1.21. The number of hydrogen-bond acceptors (Lipinski definition) is 5. The van der Waals surface area contributed by atoms with Gasteiger partial charge in [0, 0.05) is 43.8 Å². The third-order valence-electron chi connectivity index (χ3n) is 7.60. The van der Waals surface area contributed by atoms with Crippen molar-refractivity contribution in [3.63, 3.8) is 0 Å². The molecule has 0 saturated carbocycles. The summed E-state index contributed by atoms with van der Waals surface area (Å²) in [6.45, 7) is 3.45. The fourth-order valence-corrected chi connectivity index (χ4v) is 7.23. The number of hydrogen-bond donors (Lipinski definition) is 0. The highest BCUT2D eigenvalue weighted by Crippen LogP contribution is 2.32. The first-order valence-corrected chi connectivity index (χ1v) is 14.0. The Morgan fingerprint density at radius 1 is 0.914 bits per heavy atom. The van der Waals surface area contributed by atoms with Crippen molar-refractivity contribution in [1.82, 2.24) is 9.29 Å². The molecule has 3 aromatic rings. The lowest BCUT2D eigenvalue weighted by atomic mass is 9.96. The van der Waals surface area contributed by atoms with E-state index in [0.717, 1.165) is 67.6 Å². The molecule has 3 aliphatic rings. The van der Waals surface area contributed by atoms with Crippen LogP contribution in [0.5, 0.6) is 0 Å². The molecular weight excluding hydrogens is 460 g/mol. The van der Waals surface area contributed by atoms with Crippen molar-refractivity contribution >= 4 is 38.3 Å². The second-order valence-corrected chi connectivity index (χ2v) is 11.7. The number of sulfonamides is 1. The number of anilines is 2. The summed E-state index contributed by atoms with van der Waals surface area (Å²) in [4.78, 5) is 22.7. The molecule has 0 unspecified atom stereocenters. The minimum Gasteiger partial charge on any atom is -0.356 e. The van der Waals surface area contributed by atoms with Gasteiger partial charge in [-0.1, -0.05) is 18.2 Å². The largest absolute Gasteiger partial charge is 0.356 e. The van der Waals surface area contributed by atoms with Crippen LogP contribution in [0.2, 0.25) is 0 Å². The summed E-state index contributed by atoms with van der Waals surface area (Å²) in [5.74, 6) is 0.990. The molecule has 182 valence electrons. The molecule has 0 aliphatic carbocycles. The molecule has 2 saturated heterocycles. The highest BCUT2D eigenvalue weighted by molar-refractivity contribution is 7.89. The molecule has 8 heteroatoms. The maximum Gasteiger partial charge on any atom is 0.243 e. The Hall–Kier alpha value is -2.97. The molecule has 4 heterocycles. The Morgan fingerprint density at radius 3 is 2.60 bits per heavy atom. The normalized spacial score (nSPS) is 21.0. The van der Waals surface area contributed by atoms with Gasteiger partial charge >= 0.3 is 0 Å². The molecule has 1 atom stereocenters. The number of benzene rings is 2. The van der Waals surface area contributed by atoms with Crippen molar-refractivity contribution in [2.45, 2.75) is 37.0 Å². The molecule has 0 N–H and O–H groups in total. The zero-order valence-electron chi connectivity index (χ0n) is 19.8. The number of fused-ring (bicyclic) bond motifs is 2. The van der Waals surface area contributed by atoms with Gasteiger partial charge in [-0.05, 0) is 74.1 Å². The maximum atomic E-state index is 13.4. The molecular formula is C27H30N4O3S. The van der Waals surface area contributed by atoms with Gasteiger partial charge in [-0.25, -0.2) is 13.4 Å². The van der Waals surface area contributed by atoms with Gasteiger partial charge in [0.15, 0.2) is 0 Å². The second kappa shape index (κ2) is 8.91. The van der Waals surface area contributed by atoms with Gasteiger partial charge in [0.2, 0.25) is 15.9 Å². The predicted octanol–water partition coefficient (Wildman–Crippen LogP) is 3.83. The third kappa shape index (κ3) is 4.08. The summed E-state index contributed by atoms with van der Waals surface area (Å²) >= 11 is 0. The van der Waals surface area contributed by atoms with E-state index < -0.39 is 10.0 Å². The van der Waals surface area contributed by atoms with Crippen molar-refractivity contribution < 1.29 is 13.2 Å². The number of nitrogens with zero attached hydrogens (tertiary/aromatic N) is 4. The van der Waals surface area contributed by atoms with E-state index in [-0.39, 0.29) is 11.8 Å². The maximum absolute atomic E-state index is 13.4. The highest BCUT2D eigenvalue weighted by atomic mass is 32.2. The number of rotatable bonds is 4. The molecule has 3 aliphatic heterocycles. The first kappa shape index (κ1) is 22.5. The van der Waals surface area contributed by atoms with E-state index in [2.05, 4.69) is 11.0 Å². The number of carbonyl (C=O) groups excluding carboxylic acids is 1. The van der Waals surface area contributed by atoms with E-state index in [0.29, 0.717) is 24.5 Å². The summed E-state index contributed by atoms with van der Waals surface area (Å²) in [6, 6.07) is 17.3. The number of pyridine rings is 1. The van der Waals surface area contributed by atoms with E-state index in [1.165, 1.54) is 5.56 Å². The first-order valence-electron chi connectivity index (χ1n) is 12.6. The fourth-order valence-electron chi connectivity index (χ4n) is 5.68. The molecule has 2 fully saturated rings. The van der Waals surface area contributed by atoms with Gasteiger partial charge in [0.25, 0.3) is 0 Å². The van der Waals surface area contributed by atoms with Crippen LogP contribution in [0.25, 0.3) is 10.9 Å². The minimum absolute atomic E-state index is 0.0552. The van der Waals surface area contributed by atoms with Gasteiger partial charge in [0.05, 0.1) is 16.3 Å². The summed E-state index contributed by atoms with van der Waals surface area (Å²) in [6.07, 6.45) is 4.58. The molecule has 0 bridgehead atoms. The lowest BCUT2D eigenvalue weighted by Gasteiger charge is -2.35. The third-order valence-corrected chi connectivity index (χ3v) is 9.49. The van der Waals surface area contributed by atoms with E-state index in [9.17, 15) is 13.2 Å². The molecule has 2 aromatic carbocycles. The number of para-hydroxylation sites is 1. The molecule has 7 nitrogen and oxygen atoms in total. The van der Waals surface area contributed by atoms with Crippen molar-refractivity contribution in [1.29, 1.82) is 0 Å². The standard InChI is InChI=1S/C27H30N4O3S/c32-27(31-17-13-20-6-1-2-8-25(20)31)22-7-5-14-29(19-22)26-12-9-21-18-23(10-11-24(21)28-26)35(33,34)30-15-3-4-16-30/h1-2,6,8-12,18,22H,3-5,7,13-17,19H2/t22-/m0/s1. The SMILES string of the molecule is O=C([C@H]1CCCN(c2ccc3cc(S(=O)(=O)N4CCCC4)ccc3n2)C1)N1CCc2ccccc21. The van der Waals surface area contributed by atoms with Gasteiger partial charge < -0.3 is 9.80 Å². The van der Waals surface area contributed by atoms with Crippen molar-refractivity contribution in [2.75, 3.05) is 42.5 Å². The molecule has 1 aromatic heterocycles. The lowest BCUT2D eigenvalue weighted by Crippen LogP contribution is -2.44. The summed E-state index contributed by atoms with van der Waals surface area (Å²) < 4.78 is 27.4. The summed E-state index contributed by atoms with van der Waals surface area (Å²) in [5, 5.41) is 0.812. The fraction of sp³-hybridized carbons (Fsp3) is 0.407. The van der Waals surface area contributed by atoms with Crippen LogP contribution in [0.15, 0.2) is 59.5 Å². The van der Waals surface area contributed by atoms with E-state index in [1.807, 2.05) is 35.2 Å². The number of amides is 1. The van der Waals surface area contributed by atoms with Gasteiger partial charge in [-0.3, -0.25) is 4.79 Å². The van der Waals surface area contributed by atoms with Crippen LogP contribution < -0.4 is 9.80 Å². The lowest BCUT2D eigenvalue weighted by molar-refractivity contribution is -0.122. The van der Waals surface area contributed by atoms with Crippen molar-refractivity contribution in [3.8, 4) is 0 Å². The molecule has 0 spiro atoms. The topological polar surface area (TPSA) is 73.8 Å². The smallest absolute Gasteiger partial charge is 0.243 e. The second-order valence-electron chi connectivity index (χ2n) is 9.79. The summed E-state index contributed by atoms with van der Waals surface area (Å²) in [5.41, 5.74) is 3.07. The summed E-state index contributed by atoms with van der Waals surface area (Å²) in [7, 11) is -3.45. The van der Waals surface area contributed by atoms with Crippen molar-refractivity contribution in [2.24, 2.45) is 5.92 Å². The van der Waals surface area contributed by atoms with Gasteiger partial charge in [-0.2, -0.15) is 4.31 Å². The zero-order valence-corrected chi connectivity index (χ0v) is 20.6. The van der Waals surface area contributed by atoms with Crippen LogP contribution in [0.1, 0.15) is 31.2 Å². The molecule has 6 rings (SSSR count).